The maximum atomic E-state index is 12.1. The Kier molecular flexibility index (Phi) is 5.09. The summed E-state index contributed by atoms with van der Waals surface area (Å²) in [5.74, 6) is -0.217. The van der Waals surface area contributed by atoms with Crippen molar-refractivity contribution < 1.29 is 14.3 Å². The molecule has 6 nitrogen and oxygen atoms in total. The van der Waals surface area contributed by atoms with Crippen LogP contribution in [-0.2, 0) is 4.74 Å². The molecule has 1 rings (SSSR count). The van der Waals surface area contributed by atoms with E-state index in [1.807, 2.05) is 6.92 Å². The summed E-state index contributed by atoms with van der Waals surface area (Å²) in [7, 11) is 0. The van der Waals surface area contributed by atoms with Crippen LogP contribution in [-0.4, -0.2) is 33.2 Å². The SMILES string of the molecule is CCC[C@H](NC(=O)OC(C)(C)C)C(=O)n1ccnc1. The average molecular weight is 267 g/mol. The zero-order chi connectivity index (χ0) is 14.5. The van der Waals surface area contributed by atoms with Crippen LogP contribution in [0, 0.1) is 0 Å². The van der Waals surface area contributed by atoms with Crippen molar-refractivity contribution in [2.75, 3.05) is 0 Å². The van der Waals surface area contributed by atoms with Crippen LogP contribution in [0.4, 0.5) is 4.79 Å². The van der Waals surface area contributed by atoms with Crippen LogP contribution in [0.1, 0.15) is 45.3 Å². The molecule has 0 aliphatic heterocycles. The van der Waals surface area contributed by atoms with Crippen molar-refractivity contribution in [3.63, 3.8) is 0 Å². The number of imidazole rings is 1. The van der Waals surface area contributed by atoms with Gasteiger partial charge in [0.15, 0.2) is 0 Å². The molecule has 1 atom stereocenters. The normalized spacial score (nSPS) is 12.8. The first-order valence-corrected chi connectivity index (χ1v) is 6.35. The second-order valence-corrected chi connectivity index (χ2v) is 5.30. The Hall–Kier alpha value is -1.85. The van der Waals surface area contributed by atoms with Crippen molar-refractivity contribution in [3.05, 3.63) is 18.7 Å². The molecule has 0 aliphatic carbocycles. The zero-order valence-electron chi connectivity index (χ0n) is 11.8. The third-order valence-electron chi connectivity index (χ3n) is 2.33. The minimum absolute atomic E-state index is 0.217. The topological polar surface area (TPSA) is 73.2 Å². The molecule has 1 N–H and O–H groups in total. The van der Waals surface area contributed by atoms with E-state index in [0.717, 1.165) is 6.42 Å². The predicted molar refractivity (Wildman–Crippen MR) is 70.9 cm³/mol. The average Bonchev–Trinajstić information content (AvgIpc) is 2.78. The Bertz CT molecular complexity index is 421. The first-order chi connectivity index (χ1) is 8.83. The van der Waals surface area contributed by atoms with Gasteiger partial charge in [-0.05, 0) is 27.2 Å². The van der Waals surface area contributed by atoms with Gasteiger partial charge >= 0.3 is 6.09 Å². The number of rotatable bonds is 4. The second kappa shape index (κ2) is 6.36. The first-order valence-electron chi connectivity index (χ1n) is 6.35. The van der Waals surface area contributed by atoms with Crippen LogP contribution in [0.2, 0.25) is 0 Å². The molecular weight excluding hydrogens is 246 g/mol. The third kappa shape index (κ3) is 5.11. The summed E-state index contributed by atoms with van der Waals surface area (Å²) in [6.45, 7) is 7.28. The maximum Gasteiger partial charge on any atom is 0.408 e. The van der Waals surface area contributed by atoms with E-state index in [0.29, 0.717) is 6.42 Å². The highest BCUT2D eigenvalue weighted by atomic mass is 16.6. The van der Waals surface area contributed by atoms with E-state index >= 15 is 0 Å². The van der Waals surface area contributed by atoms with Gasteiger partial charge in [-0.1, -0.05) is 13.3 Å². The number of nitrogens with zero attached hydrogens (tertiary/aromatic N) is 2. The van der Waals surface area contributed by atoms with E-state index in [4.69, 9.17) is 4.74 Å². The monoisotopic (exact) mass is 267 g/mol. The number of hydrogen-bond acceptors (Lipinski definition) is 4. The highest BCUT2D eigenvalue weighted by Crippen LogP contribution is 2.08. The van der Waals surface area contributed by atoms with Gasteiger partial charge in [-0.3, -0.25) is 9.36 Å². The second-order valence-electron chi connectivity index (χ2n) is 5.30. The quantitative estimate of drug-likeness (QED) is 0.907. The van der Waals surface area contributed by atoms with Crippen molar-refractivity contribution in [2.24, 2.45) is 0 Å². The molecule has 0 fully saturated rings. The van der Waals surface area contributed by atoms with E-state index in [-0.39, 0.29) is 5.91 Å². The summed E-state index contributed by atoms with van der Waals surface area (Å²) in [6, 6.07) is -0.603. The molecule has 1 heterocycles. The number of ether oxygens (including phenoxy) is 1. The van der Waals surface area contributed by atoms with Gasteiger partial charge in [-0.25, -0.2) is 9.78 Å². The first kappa shape index (κ1) is 15.2. The zero-order valence-corrected chi connectivity index (χ0v) is 11.8. The standard InChI is InChI=1S/C13H21N3O3/c1-5-6-10(11(17)16-8-7-14-9-16)15-12(18)19-13(2,3)4/h7-10H,5-6H2,1-4H3,(H,15,18)/t10-/m0/s1. The summed E-state index contributed by atoms with van der Waals surface area (Å²) in [6.07, 6.45) is 5.24. The summed E-state index contributed by atoms with van der Waals surface area (Å²) >= 11 is 0. The van der Waals surface area contributed by atoms with Gasteiger partial charge in [0.2, 0.25) is 0 Å². The van der Waals surface area contributed by atoms with Crippen molar-refractivity contribution in [3.8, 4) is 0 Å². The minimum Gasteiger partial charge on any atom is -0.444 e. The lowest BCUT2D eigenvalue weighted by molar-refractivity contribution is 0.0479. The molecular formula is C13H21N3O3. The van der Waals surface area contributed by atoms with E-state index in [1.54, 1.807) is 27.0 Å². The van der Waals surface area contributed by atoms with Gasteiger partial charge in [-0.2, -0.15) is 0 Å². The number of carbonyl (C=O) groups excluding carboxylic acids is 2. The van der Waals surface area contributed by atoms with Crippen LogP contribution in [0.25, 0.3) is 0 Å². The Morgan fingerprint density at radius 1 is 1.42 bits per heavy atom. The van der Waals surface area contributed by atoms with Gasteiger partial charge < -0.3 is 10.1 Å². The molecule has 0 saturated carbocycles. The van der Waals surface area contributed by atoms with Gasteiger partial charge in [0.05, 0.1) is 0 Å². The van der Waals surface area contributed by atoms with Gasteiger partial charge in [-0.15, -0.1) is 0 Å². The summed E-state index contributed by atoms with van der Waals surface area (Å²) < 4.78 is 6.51. The fraction of sp³-hybridized carbons (Fsp3) is 0.615. The van der Waals surface area contributed by atoms with Crippen LogP contribution in [0.5, 0.6) is 0 Å². The van der Waals surface area contributed by atoms with Crippen LogP contribution >= 0.6 is 0 Å². The van der Waals surface area contributed by atoms with Gasteiger partial charge in [0.1, 0.15) is 18.0 Å². The lowest BCUT2D eigenvalue weighted by Crippen LogP contribution is -2.45. The Balaban J connectivity index is 2.68. The Labute approximate surface area is 113 Å². The van der Waals surface area contributed by atoms with Crippen molar-refractivity contribution in [2.45, 2.75) is 52.2 Å². The summed E-state index contributed by atoms with van der Waals surface area (Å²) in [5, 5.41) is 2.60. The maximum absolute atomic E-state index is 12.1. The highest BCUT2D eigenvalue weighted by molar-refractivity contribution is 5.87. The number of carbonyl (C=O) groups is 2. The molecule has 106 valence electrons. The van der Waals surface area contributed by atoms with E-state index in [9.17, 15) is 9.59 Å². The third-order valence-corrected chi connectivity index (χ3v) is 2.33. The van der Waals surface area contributed by atoms with E-state index in [1.165, 1.54) is 17.1 Å². The molecule has 0 radical (unpaired) electrons. The fourth-order valence-corrected chi connectivity index (χ4v) is 1.57. The predicted octanol–water partition coefficient (Wildman–Crippen LogP) is 2.22. The number of amides is 1. The van der Waals surface area contributed by atoms with Crippen molar-refractivity contribution >= 4 is 12.0 Å². The molecule has 1 aromatic rings. The Morgan fingerprint density at radius 2 is 2.11 bits per heavy atom. The lowest BCUT2D eigenvalue weighted by atomic mass is 10.1. The molecule has 0 saturated heterocycles. The fourth-order valence-electron chi connectivity index (χ4n) is 1.57. The van der Waals surface area contributed by atoms with Crippen LogP contribution in [0.15, 0.2) is 18.7 Å². The number of alkyl carbamates (subject to hydrolysis) is 1. The summed E-state index contributed by atoms with van der Waals surface area (Å²) in [4.78, 5) is 27.7. The van der Waals surface area contributed by atoms with Gasteiger partial charge in [0, 0.05) is 12.4 Å². The molecule has 0 spiro atoms. The molecule has 0 aliphatic rings. The highest BCUT2D eigenvalue weighted by Gasteiger charge is 2.24. The molecule has 0 unspecified atom stereocenters. The molecule has 1 amide bonds. The number of nitrogens with one attached hydrogen (secondary N) is 1. The van der Waals surface area contributed by atoms with E-state index in [2.05, 4.69) is 10.3 Å². The Morgan fingerprint density at radius 3 is 2.58 bits per heavy atom. The molecule has 6 heteroatoms. The largest absolute Gasteiger partial charge is 0.444 e. The molecule has 0 aromatic carbocycles. The van der Waals surface area contributed by atoms with E-state index < -0.39 is 17.7 Å². The minimum atomic E-state index is -0.603. The molecule has 19 heavy (non-hydrogen) atoms. The van der Waals surface area contributed by atoms with Crippen molar-refractivity contribution in [1.82, 2.24) is 14.9 Å². The smallest absolute Gasteiger partial charge is 0.408 e. The molecule has 0 bridgehead atoms. The van der Waals surface area contributed by atoms with Crippen LogP contribution in [0.3, 0.4) is 0 Å². The van der Waals surface area contributed by atoms with Crippen molar-refractivity contribution in [1.29, 1.82) is 0 Å². The van der Waals surface area contributed by atoms with Crippen LogP contribution < -0.4 is 5.32 Å². The molecule has 1 aromatic heterocycles. The number of hydrogen-bond donors (Lipinski definition) is 1. The summed E-state index contributed by atoms with van der Waals surface area (Å²) in [5.41, 5.74) is -0.584. The lowest BCUT2D eigenvalue weighted by Gasteiger charge is -2.22. The number of aromatic nitrogens is 2. The van der Waals surface area contributed by atoms with Gasteiger partial charge in [0.25, 0.3) is 5.91 Å².